The van der Waals surface area contributed by atoms with Crippen LogP contribution >= 0.6 is 0 Å². The Balaban J connectivity index is 2.15. The van der Waals surface area contributed by atoms with Gasteiger partial charge in [-0.25, -0.2) is 0 Å². The van der Waals surface area contributed by atoms with Crippen LogP contribution in [0.4, 0.5) is 5.69 Å². The lowest BCUT2D eigenvalue weighted by Crippen LogP contribution is -2.12. The molecule has 0 atom stereocenters. The Morgan fingerprint density at radius 3 is 2.63 bits per heavy atom. The molecule has 0 spiro atoms. The second-order valence-electron chi connectivity index (χ2n) is 4.69. The second-order valence-corrected chi connectivity index (χ2v) is 4.69. The molecule has 19 heavy (non-hydrogen) atoms. The molecule has 0 radical (unpaired) electrons. The molecule has 0 aliphatic rings. The third-order valence-electron chi connectivity index (χ3n) is 3.33. The summed E-state index contributed by atoms with van der Waals surface area (Å²) in [6.45, 7) is 4.95. The van der Waals surface area contributed by atoms with E-state index in [9.17, 15) is 4.79 Å². The van der Waals surface area contributed by atoms with Crippen LogP contribution in [-0.2, 0) is 6.54 Å². The van der Waals surface area contributed by atoms with Crippen LogP contribution in [0.15, 0.2) is 35.5 Å². The summed E-state index contributed by atoms with van der Waals surface area (Å²) in [6.07, 6.45) is 7.54. The lowest BCUT2D eigenvalue weighted by Gasteiger charge is -2.12. The van der Waals surface area contributed by atoms with Crippen molar-refractivity contribution < 1.29 is 0 Å². The average molecular weight is 260 g/mol. The third-order valence-corrected chi connectivity index (χ3v) is 3.33. The molecule has 2 aromatic heterocycles. The quantitative estimate of drug-likeness (QED) is 0.894. The SMILES string of the molecule is CCC(CC)n1ccc(Cn2ccc(=O)c(N)c2)n1. The van der Waals surface area contributed by atoms with Crippen LogP contribution in [0.3, 0.4) is 0 Å². The van der Waals surface area contributed by atoms with Gasteiger partial charge in [0, 0.05) is 24.7 Å². The highest BCUT2D eigenvalue weighted by molar-refractivity contribution is 5.33. The number of rotatable bonds is 5. The van der Waals surface area contributed by atoms with E-state index in [0.29, 0.717) is 12.6 Å². The van der Waals surface area contributed by atoms with Gasteiger partial charge in [-0.05, 0) is 18.9 Å². The lowest BCUT2D eigenvalue weighted by atomic mass is 10.2. The molecule has 2 rings (SSSR count). The number of nitrogens with two attached hydrogens (primary N) is 1. The van der Waals surface area contributed by atoms with Crippen LogP contribution < -0.4 is 11.2 Å². The highest BCUT2D eigenvalue weighted by atomic mass is 16.1. The molecule has 5 nitrogen and oxygen atoms in total. The fourth-order valence-electron chi connectivity index (χ4n) is 2.16. The van der Waals surface area contributed by atoms with Gasteiger partial charge in [0.05, 0.1) is 24.0 Å². The maximum absolute atomic E-state index is 11.2. The zero-order valence-electron chi connectivity index (χ0n) is 11.4. The Kier molecular flexibility index (Phi) is 4.04. The molecule has 0 fully saturated rings. The lowest BCUT2D eigenvalue weighted by molar-refractivity contribution is 0.424. The summed E-state index contributed by atoms with van der Waals surface area (Å²) in [6, 6.07) is 3.94. The molecule has 102 valence electrons. The van der Waals surface area contributed by atoms with E-state index in [0.717, 1.165) is 18.5 Å². The van der Waals surface area contributed by atoms with E-state index in [4.69, 9.17) is 5.73 Å². The van der Waals surface area contributed by atoms with Crippen LogP contribution in [0.5, 0.6) is 0 Å². The van der Waals surface area contributed by atoms with Crippen molar-refractivity contribution in [2.24, 2.45) is 0 Å². The number of pyridine rings is 1. The van der Waals surface area contributed by atoms with Crippen molar-refractivity contribution in [3.63, 3.8) is 0 Å². The molecule has 0 unspecified atom stereocenters. The maximum Gasteiger partial charge on any atom is 0.204 e. The second kappa shape index (κ2) is 5.73. The van der Waals surface area contributed by atoms with Crippen molar-refractivity contribution in [1.29, 1.82) is 0 Å². The first-order chi connectivity index (χ1) is 9.13. The predicted molar refractivity (Wildman–Crippen MR) is 76.1 cm³/mol. The van der Waals surface area contributed by atoms with Crippen molar-refractivity contribution in [2.75, 3.05) is 5.73 Å². The summed E-state index contributed by atoms with van der Waals surface area (Å²) in [5.41, 5.74) is 6.71. The van der Waals surface area contributed by atoms with Crippen molar-refractivity contribution in [1.82, 2.24) is 14.3 Å². The molecular weight excluding hydrogens is 240 g/mol. The maximum atomic E-state index is 11.2. The van der Waals surface area contributed by atoms with Gasteiger partial charge >= 0.3 is 0 Å². The van der Waals surface area contributed by atoms with Crippen LogP contribution in [0.1, 0.15) is 38.4 Å². The van der Waals surface area contributed by atoms with Gasteiger partial charge in [0.2, 0.25) is 5.43 Å². The van der Waals surface area contributed by atoms with Crippen LogP contribution in [0.2, 0.25) is 0 Å². The van der Waals surface area contributed by atoms with E-state index in [-0.39, 0.29) is 11.1 Å². The molecule has 0 amide bonds. The van der Waals surface area contributed by atoms with Gasteiger partial charge in [0.25, 0.3) is 0 Å². The predicted octanol–water partition coefficient (Wildman–Crippen LogP) is 2.04. The molecule has 0 saturated carbocycles. The van der Waals surface area contributed by atoms with Gasteiger partial charge in [0.1, 0.15) is 0 Å². The molecule has 2 N–H and O–H groups in total. The molecule has 2 heterocycles. The summed E-state index contributed by atoms with van der Waals surface area (Å²) >= 11 is 0. The molecule has 0 bridgehead atoms. The van der Waals surface area contributed by atoms with E-state index in [1.54, 1.807) is 12.4 Å². The van der Waals surface area contributed by atoms with E-state index < -0.39 is 0 Å². The Morgan fingerprint density at radius 2 is 2.00 bits per heavy atom. The van der Waals surface area contributed by atoms with Crippen LogP contribution in [0, 0.1) is 0 Å². The topological polar surface area (TPSA) is 65.8 Å². The molecular formula is C14H20N4O. The highest BCUT2D eigenvalue weighted by Crippen LogP contribution is 2.14. The number of hydrogen-bond donors (Lipinski definition) is 1. The Hall–Kier alpha value is -2.04. The number of anilines is 1. The standard InChI is InChI=1S/C14H20N4O/c1-3-12(4-2)18-8-5-11(16-18)9-17-7-6-14(19)13(15)10-17/h5-8,10,12H,3-4,9,15H2,1-2H3. The smallest absolute Gasteiger partial charge is 0.204 e. The van der Waals surface area contributed by atoms with Gasteiger partial charge in [-0.1, -0.05) is 13.8 Å². The van der Waals surface area contributed by atoms with E-state index in [2.05, 4.69) is 18.9 Å². The normalized spacial score (nSPS) is 11.1. The highest BCUT2D eigenvalue weighted by Gasteiger charge is 2.08. The van der Waals surface area contributed by atoms with E-state index in [1.807, 2.05) is 21.5 Å². The van der Waals surface area contributed by atoms with Crippen molar-refractivity contribution in [2.45, 2.75) is 39.3 Å². The van der Waals surface area contributed by atoms with Gasteiger partial charge in [-0.15, -0.1) is 0 Å². The number of nitrogen functional groups attached to an aromatic ring is 1. The monoisotopic (exact) mass is 260 g/mol. The van der Waals surface area contributed by atoms with E-state index in [1.165, 1.54) is 6.07 Å². The minimum absolute atomic E-state index is 0.140. The van der Waals surface area contributed by atoms with Gasteiger partial charge in [-0.3, -0.25) is 9.48 Å². The molecule has 0 aliphatic carbocycles. The zero-order chi connectivity index (χ0) is 13.8. The van der Waals surface area contributed by atoms with Gasteiger partial charge in [-0.2, -0.15) is 5.10 Å². The largest absolute Gasteiger partial charge is 0.394 e. The first kappa shape index (κ1) is 13.4. The van der Waals surface area contributed by atoms with Crippen LogP contribution in [0.25, 0.3) is 0 Å². The summed E-state index contributed by atoms with van der Waals surface area (Å²) in [4.78, 5) is 11.2. The summed E-state index contributed by atoms with van der Waals surface area (Å²) < 4.78 is 3.89. The number of hydrogen-bond acceptors (Lipinski definition) is 3. The van der Waals surface area contributed by atoms with E-state index >= 15 is 0 Å². The molecule has 0 aromatic carbocycles. The fraction of sp³-hybridized carbons (Fsp3) is 0.429. The Labute approximate surface area is 112 Å². The number of aromatic nitrogens is 3. The van der Waals surface area contributed by atoms with Crippen molar-refractivity contribution in [3.05, 3.63) is 46.6 Å². The minimum atomic E-state index is -0.140. The third kappa shape index (κ3) is 3.05. The first-order valence-electron chi connectivity index (χ1n) is 6.63. The zero-order valence-corrected chi connectivity index (χ0v) is 11.4. The number of nitrogens with zero attached hydrogens (tertiary/aromatic N) is 3. The average Bonchev–Trinajstić information content (AvgIpc) is 2.84. The summed E-state index contributed by atoms with van der Waals surface area (Å²) in [5.74, 6) is 0. The minimum Gasteiger partial charge on any atom is -0.394 e. The molecule has 0 saturated heterocycles. The molecule has 0 aliphatic heterocycles. The fourth-order valence-corrected chi connectivity index (χ4v) is 2.16. The van der Waals surface area contributed by atoms with Crippen LogP contribution in [-0.4, -0.2) is 14.3 Å². The Bertz CT molecular complexity index is 595. The Morgan fingerprint density at radius 1 is 1.26 bits per heavy atom. The van der Waals surface area contributed by atoms with Gasteiger partial charge < -0.3 is 10.3 Å². The van der Waals surface area contributed by atoms with Crippen molar-refractivity contribution in [3.8, 4) is 0 Å². The molecule has 5 heteroatoms. The van der Waals surface area contributed by atoms with Gasteiger partial charge in [0.15, 0.2) is 0 Å². The summed E-state index contributed by atoms with van der Waals surface area (Å²) in [5, 5.41) is 4.58. The van der Waals surface area contributed by atoms with Crippen molar-refractivity contribution >= 4 is 5.69 Å². The molecule has 2 aromatic rings. The first-order valence-corrected chi connectivity index (χ1v) is 6.63. The summed E-state index contributed by atoms with van der Waals surface area (Å²) in [7, 11) is 0.